The molecule has 34 heavy (non-hydrogen) atoms. The number of ether oxygens (including phenoxy) is 1. The van der Waals surface area contributed by atoms with E-state index in [0.717, 1.165) is 42.0 Å². The highest BCUT2D eigenvalue weighted by atomic mass is 16.5. The van der Waals surface area contributed by atoms with Crippen molar-refractivity contribution in [3.8, 4) is 5.75 Å². The number of fused-ring (bicyclic) bond motifs is 1. The lowest BCUT2D eigenvalue weighted by atomic mass is 9.94. The van der Waals surface area contributed by atoms with Crippen molar-refractivity contribution in [3.63, 3.8) is 0 Å². The summed E-state index contributed by atoms with van der Waals surface area (Å²) < 4.78 is 5.89. The van der Waals surface area contributed by atoms with Gasteiger partial charge < -0.3 is 14.7 Å². The zero-order chi connectivity index (χ0) is 23.8. The maximum Gasteiger partial charge on any atom is 0.295 e. The molecule has 1 saturated carbocycles. The largest absolute Gasteiger partial charge is 0.507 e. The zero-order valence-corrected chi connectivity index (χ0v) is 19.5. The molecule has 0 bridgehead atoms. The predicted octanol–water partition coefficient (Wildman–Crippen LogP) is 5.99. The van der Waals surface area contributed by atoms with Gasteiger partial charge in [0, 0.05) is 11.6 Å². The molecule has 3 aromatic rings. The number of nitrogens with zero attached hydrogens (tertiary/aromatic N) is 1. The van der Waals surface area contributed by atoms with Crippen molar-refractivity contribution in [2.24, 2.45) is 0 Å². The van der Waals surface area contributed by atoms with Gasteiger partial charge in [0.25, 0.3) is 11.7 Å². The molecule has 3 aromatic carbocycles. The number of carbonyl (C=O) groups excluding carboxylic acids is 2. The number of Topliss-reactive ketones (excluding diaryl/α,β-unsaturated/α-hetero) is 1. The first-order chi connectivity index (χ1) is 16.4. The molecular formula is C29H29NO4. The maximum absolute atomic E-state index is 13.4. The molecule has 0 radical (unpaired) electrons. The third-order valence-electron chi connectivity index (χ3n) is 6.77. The Morgan fingerprint density at radius 2 is 1.68 bits per heavy atom. The fourth-order valence-electron chi connectivity index (χ4n) is 5.26. The second-order valence-corrected chi connectivity index (χ2v) is 9.45. The number of amides is 1. The number of rotatable bonds is 5. The van der Waals surface area contributed by atoms with Gasteiger partial charge in [-0.3, -0.25) is 9.59 Å². The van der Waals surface area contributed by atoms with Crippen LogP contribution in [0.15, 0.2) is 72.3 Å². The number of aliphatic hydroxyl groups excluding tert-OH is 1. The Balaban J connectivity index is 1.67. The molecule has 5 heteroatoms. The molecule has 5 nitrogen and oxygen atoms in total. The smallest absolute Gasteiger partial charge is 0.295 e. The molecule has 2 fully saturated rings. The van der Waals surface area contributed by atoms with Crippen molar-refractivity contribution in [3.05, 3.63) is 83.4 Å². The third kappa shape index (κ3) is 3.96. The van der Waals surface area contributed by atoms with E-state index >= 15 is 0 Å². The molecule has 5 rings (SSSR count). The van der Waals surface area contributed by atoms with Gasteiger partial charge in [0.1, 0.15) is 11.5 Å². The maximum atomic E-state index is 13.4. The number of hydrogen-bond acceptors (Lipinski definition) is 4. The lowest BCUT2D eigenvalue weighted by Crippen LogP contribution is -2.37. The summed E-state index contributed by atoms with van der Waals surface area (Å²) in [4.78, 5) is 28.4. The summed E-state index contributed by atoms with van der Waals surface area (Å²) in [5, 5.41) is 13.4. The molecular weight excluding hydrogens is 426 g/mol. The number of likely N-dealkylation sites (tertiary alicyclic amines) is 1. The van der Waals surface area contributed by atoms with Crippen LogP contribution in [0.3, 0.4) is 0 Å². The van der Waals surface area contributed by atoms with Crippen LogP contribution < -0.4 is 4.74 Å². The molecule has 1 atom stereocenters. The fraction of sp³-hybridized carbons (Fsp3) is 0.310. The first kappa shape index (κ1) is 22.2. The number of carbonyl (C=O) groups is 2. The molecule has 1 aliphatic carbocycles. The van der Waals surface area contributed by atoms with Crippen LogP contribution in [-0.2, 0) is 9.59 Å². The minimum absolute atomic E-state index is 0.00552. The quantitative estimate of drug-likeness (QED) is 0.291. The Hall–Kier alpha value is -3.60. The summed E-state index contributed by atoms with van der Waals surface area (Å²) in [5.41, 5.74) is 1.45. The minimum atomic E-state index is -0.648. The monoisotopic (exact) mass is 455 g/mol. The van der Waals surface area contributed by atoms with E-state index in [-0.39, 0.29) is 23.5 Å². The van der Waals surface area contributed by atoms with Crippen LogP contribution in [0.4, 0.5) is 0 Å². The highest BCUT2D eigenvalue weighted by molar-refractivity contribution is 6.46. The van der Waals surface area contributed by atoms with Gasteiger partial charge in [0.2, 0.25) is 0 Å². The van der Waals surface area contributed by atoms with Gasteiger partial charge >= 0.3 is 0 Å². The molecule has 1 heterocycles. The number of benzene rings is 3. The van der Waals surface area contributed by atoms with Gasteiger partial charge in [-0.1, -0.05) is 61.4 Å². The average Bonchev–Trinajstić information content (AvgIpc) is 3.45. The highest BCUT2D eigenvalue weighted by Gasteiger charge is 2.49. The Morgan fingerprint density at radius 3 is 2.41 bits per heavy atom. The van der Waals surface area contributed by atoms with Crippen LogP contribution in [0.2, 0.25) is 0 Å². The Morgan fingerprint density at radius 1 is 0.941 bits per heavy atom. The fourth-order valence-corrected chi connectivity index (χ4v) is 5.26. The van der Waals surface area contributed by atoms with E-state index in [1.165, 1.54) is 0 Å². The van der Waals surface area contributed by atoms with Crippen molar-refractivity contribution in [2.45, 2.75) is 57.7 Å². The molecule has 2 aliphatic rings. The topological polar surface area (TPSA) is 66.8 Å². The van der Waals surface area contributed by atoms with Gasteiger partial charge in [-0.2, -0.15) is 0 Å². The van der Waals surface area contributed by atoms with E-state index in [0.29, 0.717) is 11.3 Å². The SMILES string of the molecule is CC(C)Oc1cccc(C2/C(=C(/O)c3ccc4ccccc4c3)C(=O)C(=O)N2C2CCCC2)c1. The van der Waals surface area contributed by atoms with E-state index in [2.05, 4.69) is 0 Å². The molecule has 0 aromatic heterocycles. The summed E-state index contributed by atoms with van der Waals surface area (Å²) in [6, 6.07) is 20.3. The Labute approximate surface area is 199 Å². The minimum Gasteiger partial charge on any atom is -0.507 e. The summed E-state index contributed by atoms with van der Waals surface area (Å²) >= 11 is 0. The summed E-state index contributed by atoms with van der Waals surface area (Å²) in [6.07, 6.45) is 3.78. The van der Waals surface area contributed by atoms with E-state index < -0.39 is 17.7 Å². The number of ketones is 1. The molecule has 1 saturated heterocycles. The summed E-state index contributed by atoms with van der Waals surface area (Å²) in [6.45, 7) is 3.91. The second-order valence-electron chi connectivity index (χ2n) is 9.45. The first-order valence-corrected chi connectivity index (χ1v) is 12.0. The Bertz CT molecular complexity index is 1290. The van der Waals surface area contributed by atoms with Crippen molar-refractivity contribution in [2.75, 3.05) is 0 Å². The van der Waals surface area contributed by atoms with Crippen molar-refractivity contribution in [1.82, 2.24) is 4.90 Å². The lowest BCUT2D eigenvalue weighted by Gasteiger charge is -2.31. The van der Waals surface area contributed by atoms with Gasteiger partial charge in [-0.05, 0) is 61.2 Å². The number of hydrogen-bond donors (Lipinski definition) is 1. The number of aliphatic hydroxyl groups is 1. The standard InChI is InChI=1S/C29H29NO4/c1-18(2)34-24-13-7-10-21(17-24)26-25(28(32)29(33)30(26)23-11-5-6-12-23)27(31)22-15-14-19-8-3-4-9-20(19)16-22/h3-4,7-10,13-18,23,26,31H,5-6,11-12H2,1-2H3/b27-25-. The summed E-state index contributed by atoms with van der Waals surface area (Å²) in [7, 11) is 0. The third-order valence-corrected chi connectivity index (χ3v) is 6.77. The van der Waals surface area contributed by atoms with Crippen molar-refractivity contribution < 1.29 is 19.4 Å². The predicted molar refractivity (Wildman–Crippen MR) is 133 cm³/mol. The normalized spacial score (nSPS) is 20.6. The second kappa shape index (κ2) is 8.98. The van der Waals surface area contributed by atoms with Crippen LogP contribution >= 0.6 is 0 Å². The van der Waals surface area contributed by atoms with Gasteiger partial charge in [-0.15, -0.1) is 0 Å². The average molecular weight is 456 g/mol. The zero-order valence-electron chi connectivity index (χ0n) is 19.5. The van der Waals surface area contributed by atoms with Gasteiger partial charge in [-0.25, -0.2) is 0 Å². The molecule has 1 N–H and O–H groups in total. The van der Waals surface area contributed by atoms with Crippen molar-refractivity contribution in [1.29, 1.82) is 0 Å². The molecule has 0 spiro atoms. The first-order valence-electron chi connectivity index (χ1n) is 12.0. The summed E-state index contributed by atoms with van der Waals surface area (Å²) in [5.74, 6) is -0.618. The van der Waals surface area contributed by atoms with E-state index in [9.17, 15) is 14.7 Å². The van der Waals surface area contributed by atoms with Gasteiger partial charge in [0.05, 0.1) is 17.7 Å². The van der Waals surface area contributed by atoms with Crippen LogP contribution in [-0.4, -0.2) is 33.8 Å². The van der Waals surface area contributed by atoms with E-state index in [1.807, 2.05) is 74.5 Å². The van der Waals surface area contributed by atoms with E-state index in [1.54, 1.807) is 11.0 Å². The Kier molecular flexibility index (Phi) is 5.86. The van der Waals surface area contributed by atoms with Gasteiger partial charge in [0.15, 0.2) is 0 Å². The van der Waals surface area contributed by atoms with Crippen LogP contribution in [0.25, 0.3) is 16.5 Å². The van der Waals surface area contributed by atoms with Crippen molar-refractivity contribution >= 4 is 28.2 Å². The molecule has 174 valence electrons. The highest BCUT2D eigenvalue weighted by Crippen LogP contribution is 2.44. The van der Waals surface area contributed by atoms with Crippen LogP contribution in [0, 0.1) is 0 Å². The molecule has 1 unspecified atom stereocenters. The van der Waals surface area contributed by atoms with Crippen LogP contribution in [0.1, 0.15) is 56.7 Å². The molecule has 1 amide bonds. The van der Waals surface area contributed by atoms with E-state index in [4.69, 9.17) is 4.74 Å². The molecule has 1 aliphatic heterocycles. The van der Waals surface area contributed by atoms with Crippen LogP contribution in [0.5, 0.6) is 5.75 Å². The lowest BCUT2D eigenvalue weighted by molar-refractivity contribution is -0.141.